The molecule has 0 bridgehead atoms. The summed E-state index contributed by atoms with van der Waals surface area (Å²) in [4.78, 5) is 12.4. The molecule has 0 heterocycles. The van der Waals surface area contributed by atoms with Gasteiger partial charge in [-0.05, 0) is 49.7 Å². The number of nitrogens with two attached hydrogens (primary N) is 1. The van der Waals surface area contributed by atoms with Gasteiger partial charge in [-0.1, -0.05) is 44.0 Å². The highest BCUT2D eigenvalue weighted by Crippen LogP contribution is 2.36. The normalized spacial score (nSPS) is 21.5. The van der Waals surface area contributed by atoms with Gasteiger partial charge in [0, 0.05) is 17.5 Å². The number of carbonyl (C=O) groups excluding carboxylic acids is 1. The van der Waals surface area contributed by atoms with E-state index in [0.717, 1.165) is 38.5 Å². The monoisotopic (exact) mass is 300 g/mol. The molecular formula is C19H28N2O. The van der Waals surface area contributed by atoms with Crippen molar-refractivity contribution in [1.82, 2.24) is 5.32 Å². The van der Waals surface area contributed by atoms with Gasteiger partial charge in [0.05, 0.1) is 0 Å². The largest absolute Gasteiger partial charge is 0.353 e. The summed E-state index contributed by atoms with van der Waals surface area (Å²) >= 11 is 0. The van der Waals surface area contributed by atoms with Crippen molar-refractivity contribution >= 4 is 5.91 Å². The van der Waals surface area contributed by atoms with Crippen LogP contribution in [-0.2, 0) is 17.6 Å². The second-order valence-electron chi connectivity index (χ2n) is 7.40. The van der Waals surface area contributed by atoms with Crippen LogP contribution in [0.5, 0.6) is 0 Å². The summed E-state index contributed by atoms with van der Waals surface area (Å²) in [5.74, 6) is 0.227. The van der Waals surface area contributed by atoms with Crippen molar-refractivity contribution in [2.24, 2.45) is 11.7 Å². The Bertz CT molecular complexity index is 530. The maximum Gasteiger partial charge on any atom is 0.223 e. The number of hydrogen-bond donors (Lipinski definition) is 2. The van der Waals surface area contributed by atoms with Crippen LogP contribution in [0.25, 0.3) is 0 Å². The quantitative estimate of drug-likeness (QED) is 0.848. The van der Waals surface area contributed by atoms with Gasteiger partial charge in [0.2, 0.25) is 5.91 Å². The van der Waals surface area contributed by atoms with Gasteiger partial charge in [0.15, 0.2) is 0 Å². The minimum absolute atomic E-state index is 0.0193. The van der Waals surface area contributed by atoms with Crippen LogP contribution in [0.1, 0.15) is 56.6 Å². The zero-order valence-electron chi connectivity index (χ0n) is 13.6. The minimum atomic E-state index is 0.0193. The number of amides is 1. The summed E-state index contributed by atoms with van der Waals surface area (Å²) in [6, 6.07) is 8.87. The highest BCUT2D eigenvalue weighted by molar-refractivity contribution is 5.79. The summed E-state index contributed by atoms with van der Waals surface area (Å²) in [7, 11) is 0. The number of carbonyl (C=O) groups is 1. The first-order valence-electron chi connectivity index (χ1n) is 8.72. The molecule has 2 fully saturated rings. The van der Waals surface area contributed by atoms with Crippen molar-refractivity contribution in [3.63, 3.8) is 0 Å². The average Bonchev–Trinajstić information content (AvgIpc) is 3.00. The van der Waals surface area contributed by atoms with Gasteiger partial charge >= 0.3 is 0 Å². The molecule has 3 N–H and O–H groups in total. The maximum absolute atomic E-state index is 12.4. The van der Waals surface area contributed by atoms with Crippen LogP contribution >= 0.6 is 0 Å². The third-order valence-corrected chi connectivity index (χ3v) is 5.23. The van der Waals surface area contributed by atoms with Crippen LogP contribution in [-0.4, -0.2) is 17.5 Å². The molecule has 1 aromatic carbocycles. The molecule has 2 aliphatic carbocycles. The molecular weight excluding hydrogens is 272 g/mol. The topological polar surface area (TPSA) is 55.1 Å². The Balaban J connectivity index is 1.60. The fourth-order valence-electron chi connectivity index (χ4n) is 3.48. The van der Waals surface area contributed by atoms with E-state index in [2.05, 4.69) is 29.6 Å². The van der Waals surface area contributed by atoms with E-state index in [9.17, 15) is 4.79 Å². The maximum atomic E-state index is 12.4. The molecule has 0 aliphatic heterocycles. The Kier molecular flexibility index (Phi) is 4.53. The number of hydrogen-bond acceptors (Lipinski definition) is 2. The van der Waals surface area contributed by atoms with E-state index < -0.39 is 0 Å². The molecule has 22 heavy (non-hydrogen) atoms. The zero-order valence-corrected chi connectivity index (χ0v) is 13.6. The summed E-state index contributed by atoms with van der Waals surface area (Å²) in [5.41, 5.74) is 8.89. The van der Waals surface area contributed by atoms with Crippen LogP contribution in [0.4, 0.5) is 0 Å². The van der Waals surface area contributed by atoms with Crippen molar-refractivity contribution in [3.8, 4) is 0 Å². The molecule has 2 aliphatic rings. The van der Waals surface area contributed by atoms with Crippen molar-refractivity contribution in [3.05, 3.63) is 35.4 Å². The molecule has 2 saturated carbocycles. The van der Waals surface area contributed by atoms with E-state index in [1.54, 1.807) is 0 Å². The standard InChI is InChI=1S/C19H28N2O/c1-14(18(22)21-17-8-4-5-9-17)12-15-6-2-3-7-16(15)13-19(20)10-11-19/h2-3,6-7,14,17H,4-5,8-13,20H2,1H3,(H,21,22). The summed E-state index contributed by atoms with van der Waals surface area (Å²) < 4.78 is 0. The zero-order chi connectivity index (χ0) is 15.6. The Hall–Kier alpha value is -1.35. The lowest BCUT2D eigenvalue weighted by Crippen LogP contribution is -2.37. The van der Waals surface area contributed by atoms with Gasteiger partial charge in [-0.3, -0.25) is 4.79 Å². The van der Waals surface area contributed by atoms with Gasteiger partial charge in [0.25, 0.3) is 0 Å². The third-order valence-electron chi connectivity index (χ3n) is 5.23. The van der Waals surface area contributed by atoms with Crippen molar-refractivity contribution in [2.45, 2.75) is 69.9 Å². The van der Waals surface area contributed by atoms with E-state index in [0.29, 0.717) is 6.04 Å². The molecule has 3 rings (SSSR count). The minimum Gasteiger partial charge on any atom is -0.353 e. The van der Waals surface area contributed by atoms with Crippen LogP contribution in [0, 0.1) is 5.92 Å². The molecule has 0 aromatic heterocycles. The summed E-state index contributed by atoms with van der Waals surface area (Å²) in [6.45, 7) is 2.04. The molecule has 0 saturated heterocycles. The molecule has 0 radical (unpaired) electrons. The van der Waals surface area contributed by atoms with Gasteiger partial charge < -0.3 is 11.1 Å². The van der Waals surface area contributed by atoms with Crippen molar-refractivity contribution in [2.75, 3.05) is 0 Å². The molecule has 0 spiro atoms. The first-order chi connectivity index (χ1) is 10.6. The number of rotatable bonds is 6. The lowest BCUT2D eigenvalue weighted by molar-refractivity contribution is -0.125. The second kappa shape index (κ2) is 6.41. The molecule has 1 atom stereocenters. The Morgan fingerprint density at radius 1 is 1.27 bits per heavy atom. The SMILES string of the molecule is CC(Cc1ccccc1CC1(N)CC1)C(=O)NC1CCCC1. The highest BCUT2D eigenvalue weighted by Gasteiger charge is 2.38. The molecule has 1 aromatic rings. The summed E-state index contributed by atoms with van der Waals surface area (Å²) in [5, 5.41) is 3.22. The fourth-order valence-corrected chi connectivity index (χ4v) is 3.48. The molecule has 1 unspecified atom stereocenters. The lowest BCUT2D eigenvalue weighted by atomic mass is 9.92. The highest BCUT2D eigenvalue weighted by atomic mass is 16.1. The Labute approximate surface area is 133 Å². The molecule has 1 amide bonds. The van der Waals surface area contributed by atoms with Crippen LogP contribution in [0.2, 0.25) is 0 Å². The smallest absolute Gasteiger partial charge is 0.223 e. The van der Waals surface area contributed by atoms with Crippen molar-refractivity contribution < 1.29 is 4.79 Å². The molecule has 120 valence electrons. The van der Waals surface area contributed by atoms with Gasteiger partial charge in [-0.2, -0.15) is 0 Å². The Morgan fingerprint density at radius 3 is 2.55 bits per heavy atom. The Morgan fingerprint density at radius 2 is 1.91 bits per heavy atom. The summed E-state index contributed by atoms with van der Waals surface area (Å²) in [6.07, 6.45) is 8.79. The van der Waals surface area contributed by atoms with Gasteiger partial charge in [-0.15, -0.1) is 0 Å². The van der Waals surface area contributed by atoms with Gasteiger partial charge in [0.1, 0.15) is 0 Å². The predicted octanol–water partition coefficient (Wildman–Crippen LogP) is 2.96. The molecule has 3 nitrogen and oxygen atoms in total. The van der Waals surface area contributed by atoms with E-state index in [-0.39, 0.29) is 17.4 Å². The van der Waals surface area contributed by atoms with E-state index in [4.69, 9.17) is 5.73 Å². The van der Waals surface area contributed by atoms with E-state index >= 15 is 0 Å². The van der Waals surface area contributed by atoms with Crippen LogP contribution < -0.4 is 11.1 Å². The number of nitrogens with one attached hydrogen (secondary N) is 1. The third kappa shape index (κ3) is 3.89. The predicted molar refractivity (Wildman–Crippen MR) is 89.6 cm³/mol. The van der Waals surface area contributed by atoms with E-state index in [1.165, 1.54) is 24.0 Å². The average molecular weight is 300 g/mol. The van der Waals surface area contributed by atoms with E-state index in [1.807, 2.05) is 6.92 Å². The first kappa shape index (κ1) is 15.5. The fraction of sp³-hybridized carbons (Fsp3) is 0.632. The van der Waals surface area contributed by atoms with Crippen molar-refractivity contribution in [1.29, 1.82) is 0 Å². The first-order valence-corrected chi connectivity index (χ1v) is 8.72. The second-order valence-corrected chi connectivity index (χ2v) is 7.40. The van der Waals surface area contributed by atoms with Crippen LogP contribution in [0.3, 0.4) is 0 Å². The lowest BCUT2D eigenvalue weighted by Gasteiger charge is -2.19. The van der Waals surface area contributed by atoms with Crippen LogP contribution in [0.15, 0.2) is 24.3 Å². The number of benzene rings is 1. The van der Waals surface area contributed by atoms with Gasteiger partial charge in [-0.25, -0.2) is 0 Å². The molecule has 3 heteroatoms.